The predicted octanol–water partition coefficient (Wildman–Crippen LogP) is -0.689. The van der Waals surface area contributed by atoms with Crippen LogP contribution in [0.15, 0.2) is 0 Å². The van der Waals surface area contributed by atoms with Gasteiger partial charge in [0.1, 0.15) is 0 Å². The molecule has 5 nitrogen and oxygen atoms in total. The molecule has 0 spiro atoms. The lowest BCUT2D eigenvalue weighted by molar-refractivity contribution is -0.123. The van der Waals surface area contributed by atoms with E-state index in [1.807, 2.05) is 0 Å². The Bertz CT molecular complexity index is 254. The van der Waals surface area contributed by atoms with Gasteiger partial charge in [-0.3, -0.25) is 4.79 Å². The molecule has 3 N–H and O–H groups in total. The minimum Gasteiger partial charge on any atom is -0.392 e. The average Bonchev–Trinajstić information content (AvgIpc) is 2.77. The molecule has 2 aliphatic heterocycles. The Morgan fingerprint density at radius 3 is 2.76 bits per heavy atom. The van der Waals surface area contributed by atoms with Crippen molar-refractivity contribution < 1.29 is 9.90 Å². The Labute approximate surface area is 103 Å². The largest absolute Gasteiger partial charge is 0.392 e. The third-order valence-electron chi connectivity index (χ3n) is 3.60. The van der Waals surface area contributed by atoms with Gasteiger partial charge in [0.15, 0.2) is 0 Å². The fourth-order valence-corrected chi connectivity index (χ4v) is 2.56. The average molecular weight is 241 g/mol. The molecule has 0 bridgehead atoms. The Hall–Kier alpha value is -0.650. The summed E-state index contributed by atoms with van der Waals surface area (Å²) in [6, 6.07) is -0.202. The summed E-state index contributed by atoms with van der Waals surface area (Å²) in [5.41, 5.74) is 0. The third kappa shape index (κ3) is 3.94. The molecule has 0 aromatic carbocycles. The summed E-state index contributed by atoms with van der Waals surface area (Å²) in [5, 5.41) is 15.3. The molecule has 0 aliphatic carbocycles. The van der Waals surface area contributed by atoms with Crippen molar-refractivity contribution in [1.29, 1.82) is 0 Å². The number of rotatable bonds is 4. The van der Waals surface area contributed by atoms with Crippen LogP contribution in [0.2, 0.25) is 0 Å². The van der Waals surface area contributed by atoms with Gasteiger partial charge in [0.25, 0.3) is 0 Å². The first kappa shape index (κ1) is 12.8. The first-order chi connectivity index (χ1) is 8.25. The van der Waals surface area contributed by atoms with E-state index in [0.29, 0.717) is 19.5 Å². The maximum absolute atomic E-state index is 11.7. The number of carbonyl (C=O) groups excluding carboxylic acids is 1. The Morgan fingerprint density at radius 2 is 2.12 bits per heavy atom. The van der Waals surface area contributed by atoms with E-state index in [-0.39, 0.29) is 18.1 Å². The molecule has 0 aromatic rings. The van der Waals surface area contributed by atoms with Crippen molar-refractivity contribution >= 4 is 5.91 Å². The van der Waals surface area contributed by atoms with E-state index in [1.165, 1.54) is 19.3 Å². The number of piperidine rings is 1. The molecule has 2 rings (SSSR count). The van der Waals surface area contributed by atoms with E-state index >= 15 is 0 Å². The Kier molecular flexibility index (Phi) is 4.76. The van der Waals surface area contributed by atoms with E-state index in [9.17, 15) is 9.90 Å². The lowest BCUT2D eigenvalue weighted by atomic mass is 10.1. The molecule has 2 fully saturated rings. The molecule has 0 radical (unpaired) electrons. The number of aliphatic hydroxyl groups is 1. The van der Waals surface area contributed by atoms with Crippen LogP contribution in [-0.4, -0.2) is 60.8 Å². The Morgan fingerprint density at radius 1 is 1.35 bits per heavy atom. The summed E-state index contributed by atoms with van der Waals surface area (Å²) >= 11 is 0. The van der Waals surface area contributed by atoms with Crippen molar-refractivity contribution in [3.8, 4) is 0 Å². The van der Waals surface area contributed by atoms with Crippen molar-refractivity contribution in [1.82, 2.24) is 15.5 Å². The highest BCUT2D eigenvalue weighted by Crippen LogP contribution is 2.08. The minimum absolute atomic E-state index is 0.0264. The van der Waals surface area contributed by atoms with Crippen LogP contribution in [-0.2, 0) is 4.79 Å². The number of nitrogens with one attached hydrogen (secondary N) is 2. The molecular weight excluding hydrogens is 218 g/mol. The molecular formula is C12H23N3O2. The quantitative estimate of drug-likeness (QED) is 0.610. The molecule has 17 heavy (non-hydrogen) atoms. The SMILES string of the molecule is O=C(NCCN1CCCCC1)[C@@H]1C[C@@H](O)CN1. The lowest BCUT2D eigenvalue weighted by Gasteiger charge is -2.26. The van der Waals surface area contributed by atoms with Gasteiger partial charge in [-0.2, -0.15) is 0 Å². The van der Waals surface area contributed by atoms with Gasteiger partial charge in [-0.1, -0.05) is 6.42 Å². The normalized spacial score (nSPS) is 30.4. The maximum atomic E-state index is 11.7. The van der Waals surface area contributed by atoms with Gasteiger partial charge in [-0.25, -0.2) is 0 Å². The van der Waals surface area contributed by atoms with Gasteiger partial charge in [0.2, 0.25) is 5.91 Å². The minimum atomic E-state index is -0.368. The molecule has 0 saturated carbocycles. The summed E-state index contributed by atoms with van der Waals surface area (Å²) in [6.07, 6.45) is 4.07. The van der Waals surface area contributed by atoms with Crippen LogP contribution in [0.1, 0.15) is 25.7 Å². The summed E-state index contributed by atoms with van der Waals surface area (Å²) in [7, 11) is 0. The Balaban J connectivity index is 1.59. The number of amides is 1. The number of likely N-dealkylation sites (tertiary alicyclic amines) is 1. The zero-order chi connectivity index (χ0) is 12.1. The van der Waals surface area contributed by atoms with Crippen molar-refractivity contribution in [2.45, 2.75) is 37.8 Å². The summed E-state index contributed by atoms with van der Waals surface area (Å²) < 4.78 is 0. The molecule has 2 atom stereocenters. The number of hydrogen-bond acceptors (Lipinski definition) is 4. The van der Waals surface area contributed by atoms with Gasteiger partial charge >= 0.3 is 0 Å². The molecule has 98 valence electrons. The monoisotopic (exact) mass is 241 g/mol. The van der Waals surface area contributed by atoms with Crippen molar-refractivity contribution in [3.05, 3.63) is 0 Å². The summed E-state index contributed by atoms with van der Waals surface area (Å²) in [4.78, 5) is 14.1. The first-order valence-corrected chi connectivity index (χ1v) is 6.67. The number of β-amino-alcohol motifs (C(OH)–C–C–N with tert-alkyl or cyclic N) is 1. The number of nitrogens with zero attached hydrogens (tertiary/aromatic N) is 1. The highest BCUT2D eigenvalue weighted by molar-refractivity contribution is 5.82. The summed E-state index contributed by atoms with van der Waals surface area (Å²) in [6.45, 7) is 4.52. The second-order valence-corrected chi connectivity index (χ2v) is 5.04. The van der Waals surface area contributed by atoms with Crippen molar-refractivity contribution in [3.63, 3.8) is 0 Å². The number of aliphatic hydroxyl groups excluding tert-OH is 1. The van der Waals surface area contributed by atoms with Crippen molar-refractivity contribution in [2.75, 3.05) is 32.7 Å². The molecule has 0 aromatic heterocycles. The van der Waals surface area contributed by atoms with Gasteiger partial charge in [-0.15, -0.1) is 0 Å². The van der Waals surface area contributed by atoms with Crippen LogP contribution < -0.4 is 10.6 Å². The second kappa shape index (κ2) is 6.33. The van der Waals surface area contributed by atoms with Gasteiger partial charge in [0.05, 0.1) is 12.1 Å². The van der Waals surface area contributed by atoms with E-state index < -0.39 is 0 Å². The van der Waals surface area contributed by atoms with Crippen LogP contribution in [0.4, 0.5) is 0 Å². The highest BCUT2D eigenvalue weighted by Gasteiger charge is 2.27. The summed E-state index contributed by atoms with van der Waals surface area (Å²) in [5.74, 6) is 0.0264. The topological polar surface area (TPSA) is 64.6 Å². The highest BCUT2D eigenvalue weighted by atomic mass is 16.3. The fraction of sp³-hybridized carbons (Fsp3) is 0.917. The second-order valence-electron chi connectivity index (χ2n) is 5.04. The third-order valence-corrected chi connectivity index (χ3v) is 3.60. The first-order valence-electron chi connectivity index (χ1n) is 6.67. The van der Waals surface area contributed by atoms with E-state index in [0.717, 1.165) is 19.6 Å². The zero-order valence-electron chi connectivity index (χ0n) is 10.3. The smallest absolute Gasteiger partial charge is 0.237 e. The maximum Gasteiger partial charge on any atom is 0.237 e. The fourth-order valence-electron chi connectivity index (χ4n) is 2.56. The molecule has 0 unspecified atom stereocenters. The van der Waals surface area contributed by atoms with Gasteiger partial charge in [-0.05, 0) is 32.4 Å². The van der Waals surface area contributed by atoms with E-state index in [2.05, 4.69) is 15.5 Å². The molecule has 1 amide bonds. The molecule has 2 aliphatic rings. The number of hydrogen-bond donors (Lipinski definition) is 3. The van der Waals surface area contributed by atoms with Crippen molar-refractivity contribution in [2.24, 2.45) is 0 Å². The van der Waals surface area contributed by atoms with Crippen LogP contribution in [0.3, 0.4) is 0 Å². The lowest BCUT2D eigenvalue weighted by Crippen LogP contribution is -2.44. The van der Waals surface area contributed by atoms with Crippen LogP contribution in [0.25, 0.3) is 0 Å². The molecule has 5 heteroatoms. The van der Waals surface area contributed by atoms with E-state index in [4.69, 9.17) is 0 Å². The number of carbonyl (C=O) groups is 1. The zero-order valence-corrected chi connectivity index (χ0v) is 10.3. The van der Waals surface area contributed by atoms with Gasteiger partial charge in [0, 0.05) is 19.6 Å². The van der Waals surface area contributed by atoms with Crippen LogP contribution in [0, 0.1) is 0 Å². The standard InChI is InChI=1S/C12H23N3O2/c16-10-8-11(14-9-10)12(17)13-4-7-15-5-2-1-3-6-15/h10-11,14,16H,1-9H2,(H,13,17)/t10-,11+/m1/s1. The predicted molar refractivity (Wildman–Crippen MR) is 65.7 cm³/mol. The van der Waals surface area contributed by atoms with Gasteiger partial charge < -0.3 is 20.6 Å². The van der Waals surface area contributed by atoms with Crippen LogP contribution in [0.5, 0.6) is 0 Å². The van der Waals surface area contributed by atoms with Crippen LogP contribution >= 0.6 is 0 Å². The molecule has 2 heterocycles. The van der Waals surface area contributed by atoms with E-state index in [1.54, 1.807) is 0 Å². The molecule has 2 saturated heterocycles.